The van der Waals surface area contributed by atoms with E-state index < -0.39 is 0 Å². The molecule has 0 radical (unpaired) electrons. The Balaban J connectivity index is 1.48. The SMILES string of the molecule is CCOC(=O)c1ccc(-n2c(C)cc(/C=C3\SC(=O)N(CCOc4cccc(C)c4)C3=O)c2C)cc1. The van der Waals surface area contributed by atoms with Gasteiger partial charge in [-0.25, -0.2) is 4.79 Å². The summed E-state index contributed by atoms with van der Waals surface area (Å²) in [5, 5.41) is -0.303. The number of hydrogen-bond donors (Lipinski definition) is 0. The lowest BCUT2D eigenvalue weighted by Crippen LogP contribution is -2.32. The van der Waals surface area contributed by atoms with Gasteiger partial charge in [0.1, 0.15) is 12.4 Å². The van der Waals surface area contributed by atoms with Crippen LogP contribution in [0.4, 0.5) is 4.79 Å². The van der Waals surface area contributed by atoms with Crippen molar-refractivity contribution in [2.75, 3.05) is 19.8 Å². The number of hydrogen-bond acceptors (Lipinski definition) is 6. The van der Waals surface area contributed by atoms with Crippen LogP contribution in [0.2, 0.25) is 0 Å². The first-order valence-electron chi connectivity index (χ1n) is 11.7. The number of aromatic nitrogens is 1. The highest BCUT2D eigenvalue weighted by molar-refractivity contribution is 8.18. The van der Waals surface area contributed by atoms with Gasteiger partial charge < -0.3 is 14.0 Å². The van der Waals surface area contributed by atoms with Crippen molar-refractivity contribution >= 4 is 35.0 Å². The fourth-order valence-corrected chi connectivity index (χ4v) is 4.94. The zero-order chi connectivity index (χ0) is 25.8. The van der Waals surface area contributed by atoms with E-state index in [0.717, 1.165) is 40.0 Å². The monoisotopic (exact) mass is 504 g/mol. The summed E-state index contributed by atoms with van der Waals surface area (Å²) in [4.78, 5) is 39.0. The first-order chi connectivity index (χ1) is 17.3. The van der Waals surface area contributed by atoms with Crippen molar-refractivity contribution in [3.05, 3.63) is 87.6 Å². The Hall–Kier alpha value is -3.78. The van der Waals surface area contributed by atoms with E-state index in [1.807, 2.05) is 67.8 Å². The van der Waals surface area contributed by atoms with Crippen LogP contribution in [0.1, 0.15) is 39.8 Å². The summed E-state index contributed by atoms with van der Waals surface area (Å²) in [6.07, 6.45) is 1.76. The van der Waals surface area contributed by atoms with Crippen LogP contribution in [-0.2, 0) is 9.53 Å². The molecule has 8 heteroatoms. The number of rotatable bonds is 8. The van der Waals surface area contributed by atoms with Crippen molar-refractivity contribution in [1.82, 2.24) is 9.47 Å². The van der Waals surface area contributed by atoms with E-state index in [2.05, 4.69) is 0 Å². The van der Waals surface area contributed by atoms with Crippen molar-refractivity contribution in [3.63, 3.8) is 0 Å². The van der Waals surface area contributed by atoms with Gasteiger partial charge in [0.05, 0.1) is 23.6 Å². The molecule has 0 atom stereocenters. The summed E-state index contributed by atoms with van der Waals surface area (Å²) in [7, 11) is 0. The molecule has 186 valence electrons. The maximum absolute atomic E-state index is 13.0. The molecule has 7 nitrogen and oxygen atoms in total. The second-order valence-corrected chi connectivity index (χ2v) is 9.42. The van der Waals surface area contributed by atoms with Crippen LogP contribution in [0.15, 0.2) is 59.5 Å². The highest BCUT2D eigenvalue weighted by Gasteiger charge is 2.35. The van der Waals surface area contributed by atoms with Gasteiger partial charge >= 0.3 is 5.97 Å². The Bertz CT molecular complexity index is 1340. The second kappa shape index (κ2) is 10.9. The normalized spacial score (nSPS) is 14.6. The number of nitrogens with zero attached hydrogens (tertiary/aromatic N) is 2. The fourth-order valence-electron chi connectivity index (χ4n) is 4.09. The molecule has 0 bridgehead atoms. The predicted octanol–water partition coefficient (Wildman–Crippen LogP) is 5.69. The molecule has 1 saturated heterocycles. The van der Waals surface area contributed by atoms with Gasteiger partial charge in [0.25, 0.3) is 11.1 Å². The smallest absolute Gasteiger partial charge is 0.338 e. The maximum atomic E-state index is 13.0. The average molecular weight is 505 g/mol. The van der Waals surface area contributed by atoms with E-state index in [9.17, 15) is 14.4 Å². The second-order valence-electron chi connectivity index (χ2n) is 8.43. The van der Waals surface area contributed by atoms with Crippen LogP contribution < -0.4 is 4.74 Å². The van der Waals surface area contributed by atoms with Crippen LogP contribution in [0.3, 0.4) is 0 Å². The Morgan fingerprint density at radius 1 is 1.03 bits per heavy atom. The average Bonchev–Trinajstić information content (AvgIpc) is 3.28. The van der Waals surface area contributed by atoms with Crippen molar-refractivity contribution in [2.45, 2.75) is 27.7 Å². The molecule has 2 amide bonds. The molecular weight excluding hydrogens is 476 g/mol. The van der Waals surface area contributed by atoms with E-state index in [-0.39, 0.29) is 30.3 Å². The predicted molar refractivity (Wildman–Crippen MR) is 141 cm³/mol. The van der Waals surface area contributed by atoms with Crippen LogP contribution in [0.5, 0.6) is 5.75 Å². The summed E-state index contributed by atoms with van der Waals surface area (Å²) < 4.78 is 12.8. The molecule has 36 heavy (non-hydrogen) atoms. The van der Waals surface area contributed by atoms with Gasteiger partial charge in [-0.05, 0) is 99.1 Å². The molecule has 0 aliphatic carbocycles. The van der Waals surface area contributed by atoms with E-state index in [1.165, 1.54) is 4.90 Å². The number of benzene rings is 2. The fraction of sp³-hybridized carbons (Fsp3) is 0.250. The summed E-state index contributed by atoms with van der Waals surface area (Å²) >= 11 is 0.937. The molecule has 0 spiro atoms. The summed E-state index contributed by atoms with van der Waals surface area (Å²) in [5.41, 5.74) is 5.19. The van der Waals surface area contributed by atoms with Crippen LogP contribution >= 0.6 is 11.8 Å². The third-order valence-corrected chi connectivity index (χ3v) is 6.75. The standard InChI is InChI=1S/C28H28N2O5S/c1-5-34-27(32)21-9-11-23(12-10-21)30-19(3)16-22(20(30)4)17-25-26(31)29(28(33)36-25)13-14-35-24-8-6-7-18(2)15-24/h6-12,15-17H,5,13-14H2,1-4H3/b25-17-. The molecule has 1 aromatic heterocycles. The molecule has 2 aromatic carbocycles. The minimum atomic E-state index is -0.356. The number of carbonyl (C=O) groups is 3. The molecule has 0 saturated carbocycles. The van der Waals surface area contributed by atoms with Crippen LogP contribution in [-0.4, -0.2) is 46.3 Å². The first-order valence-corrected chi connectivity index (χ1v) is 12.5. The topological polar surface area (TPSA) is 77.8 Å². The largest absolute Gasteiger partial charge is 0.492 e. The number of imide groups is 1. The van der Waals surface area contributed by atoms with Crippen molar-refractivity contribution in [2.24, 2.45) is 0 Å². The Morgan fingerprint density at radius 3 is 2.47 bits per heavy atom. The minimum absolute atomic E-state index is 0.182. The van der Waals surface area contributed by atoms with Crippen LogP contribution in [0.25, 0.3) is 11.8 Å². The van der Waals surface area contributed by atoms with E-state index in [0.29, 0.717) is 22.8 Å². The van der Waals surface area contributed by atoms with E-state index in [1.54, 1.807) is 25.1 Å². The maximum Gasteiger partial charge on any atom is 0.338 e. The molecule has 2 heterocycles. The zero-order valence-corrected chi connectivity index (χ0v) is 21.6. The molecule has 4 rings (SSSR count). The van der Waals surface area contributed by atoms with E-state index >= 15 is 0 Å². The highest BCUT2D eigenvalue weighted by atomic mass is 32.2. The lowest BCUT2D eigenvalue weighted by atomic mass is 10.2. The molecule has 1 aliphatic rings. The summed E-state index contributed by atoms with van der Waals surface area (Å²) in [6, 6.07) is 16.8. The van der Waals surface area contributed by atoms with Gasteiger partial charge in [-0.3, -0.25) is 14.5 Å². The molecule has 1 fully saturated rings. The number of aryl methyl sites for hydroxylation is 2. The molecule has 0 N–H and O–H groups in total. The third kappa shape index (κ3) is 5.39. The van der Waals surface area contributed by atoms with Gasteiger partial charge in [-0.2, -0.15) is 0 Å². The van der Waals surface area contributed by atoms with Crippen molar-refractivity contribution in [3.8, 4) is 11.4 Å². The number of esters is 1. The van der Waals surface area contributed by atoms with Gasteiger partial charge in [-0.15, -0.1) is 0 Å². The van der Waals surface area contributed by atoms with Crippen molar-refractivity contribution < 1.29 is 23.9 Å². The number of ether oxygens (including phenoxy) is 2. The Morgan fingerprint density at radius 2 is 1.78 bits per heavy atom. The van der Waals surface area contributed by atoms with Gasteiger partial charge in [0.2, 0.25) is 0 Å². The molecule has 0 unspecified atom stereocenters. The zero-order valence-electron chi connectivity index (χ0n) is 20.7. The van der Waals surface area contributed by atoms with Crippen LogP contribution in [0, 0.1) is 20.8 Å². The number of thioether (sulfide) groups is 1. The van der Waals surface area contributed by atoms with Gasteiger partial charge in [-0.1, -0.05) is 12.1 Å². The number of amides is 2. The Labute approximate surface area is 214 Å². The van der Waals surface area contributed by atoms with Gasteiger partial charge in [0.15, 0.2) is 0 Å². The quantitative estimate of drug-likeness (QED) is 0.290. The minimum Gasteiger partial charge on any atom is -0.492 e. The third-order valence-electron chi connectivity index (χ3n) is 5.84. The molecular formula is C28H28N2O5S. The Kier molecular flexibility index (Phi) is 7.64. The highest BCUT2D eigenvalue weighted by Crippen LogP contribution is 2.33. The summed E-state index contributed by atoms with van der Waals surface area (Å²) in [5.74, 6) is 0.0346. The van der Waals surface area contributed by atoms with Crippen molar-refractivity contribution in [1.29, 1.82) is 0 Å². The summed E-state index contributed by atoms with van der Waals surface area (Å²) in [6.45, 7) is 8.41. The first kappa shape index (κ1) is 25.3. The number of carbonyl (C=O) groups excluding carboxylic acids is 3. The van der Waals surface area contributed by atoms with E-state index in [4.69, 9.17) is 9.47 Å². The lowest BCUT2D eigenvalue weighted by molar-refractivity contribution is -0.123. The molecule has 1 aliphatic heterocycles. The van der Waals surface area contributed by atoms with Gasteiger partial charge in [0, 0.05) is 17.1 Å². The molecule has 3 aromatic rings. The lowest BCUT2D eigenvalue weighted by Gasteiger charge is -2.13.